The van der Waals surface area contributed by atoms with Gasteiger partial charge in [-0.1, -0.05) is 63.2 Å². The second-order valence-electron chi connectivity index (χ2n) is 8.49. The van der Waals surface area contributed by atoms with Crippen LogP contribution < -0.4 is 4.90 Å². The van der Waals surface area contributed by atoms with Crippen LogP contribution in [0.25, 0.3) is 6.08 Å². The Morgan fingerprint density at radius 3 is 2.14 bits per heavy atom. The van der Waals surface area contributed by atoms with E-state index in [9.17, 15) is 4.79 Å². The molecule has 0 radical (unpaired) electrons. The lowest BCUT2D eigenvalue weighted by atomic mass is 9.87. The fourth-order valence-corrected chi connectivity index (χ4v) is 4.52. The van der Waals surface area contributed by atoms with Gasteiger partial charge in [0, 0.05) is 31.9 Å². The summed E-state index contributed by atoms with van der Waals surface area (Å²) in [5.74, 6) is -0.129. The number of thioether (sulfide) groups is 1. The van der Waals surface area contributed by atoms with Crippen LogP contribution in [0, 0.1) is 0 Å². The highest BCUT2D eigenvalue weighted by Gasteiger charge is 2.28. The summed E-state index contributed by atoms with van der Waals surface area (Å²) in [7, 11) is 0. The fourth-order valence-electron chi connectivity index (χ4n) is 3.56. The smallest absolute Gasteiger partial charge is 0.286 e. The summed E-state index contributed by atoms with van der Waals surface area (Å²) in [5, 5.41) is 0.834. The van der Waals surface area contributed by atoms with Gasteiger partial charge >= 0.3 is 0 Å². The minimum Gasteiger partial charge on any atom is -0.368 e. The minimum absolute atomic E-state index is 0.127. The molecule has 0 N–H and O–H groups in total. The summed E-state index contributed by atoms with van der Waals surface area (Å²) >= 11 is 1.50. The molecule has 0 aromatic heterocycles. The van der Waals surface area contributed by atoms with Crippen LogP contribution in [-0.4, -0.2) is 42.2 Å². The van der Waals surface area contributed by atoms with Crippen LogP contribution in [0.15, 0.2) is 64.5 Å². The standard InChI is InChI=1S/C24H27N3OS/c1-24(2,3)19-11-9-18(10-12-19)17-21-22(28)25-23(29-21)27-15-13-26(14-16-27)20-7-5-4-6-8-20/h4-12,17H,13-16H2,1-3H3/b21-17+. The molecule has 2 heterocycles. The highest BCUT2D eigenvalue weighted by Crippen LogP contribution is 2.31. The Morgan fingerprint density at radius 1 is 0.897 bits per heavy atom. The van der Waals surface area contributed by atoms with E-state index in [4.69, 9.17) is 0 Å². The normalized spacial score (nSPS) is 19.1. The van der Waals surface area contributed by atoms with E-state index in [0.717, 1.165) is 36.9 Å². The molecule has 2 aromatic rings. The van der Waals surface area contributed by atoms with Crippen molar-refractivity contribution in [3.63, 3.8) is 0 Å². The van der Waals surface area contributed by atoms with Gasteiger partial charge in [-0.25, -0.2) is 0 Å². The topological polar surface area (TPSA) is 35.9 Å². The lowest BCUT2D eigenvalue weighted by Crippen LogP contribution is -2.47. The number of anilines is 1. The largest absolute Gasteiger partial charge is 0.368 e. The van der Waals surface area contributed by atoms with Crippen molar-refractivity contribution < 1.29 is 4.79 Å². The number of carbonyl (C=O) groups excluding carboxylic acids is 1. The first-order chi connectivity index (χ1) is 13.9. The number of hydrogen-bond acceptors (Lipinski definition) is 4. The van der Waals surface area contributed by atoms with Crippen molar-refractivity contribution in [1.29, 1.82) is 0 Å². The average molecular weight is 406 g/mol. The van der Waals surface area contributed by atoms with E-state index in [2.05, 4.69) is 84.1 Å². The number of aliphatic imine (C=N–C) groups is 1. The molecule has 2 aliphatic heterocycles. The highest BCUT2D eigenvalue weighted by atomic mass is 32.2. The van der Waals surface area contributed by atoms with Crippen molar-refractivity contribution >= 4 is 34.6 Å². The number of carbonyl (C=O) groups is 1. The Kier molecular flexibility index (Phi) is 5.50. The number of para-hydroxylation sites is 1. The predicted octanol–water partition coefficient (Wildman–Crippen LogP) is 4.78. The van der Waals surface area contributed by atoms with Crippen LogP contribution in [0.3, 0.4) is 0 Å². The average Bonchev–Trinajstić information content (AvgIpc) is 3.09. The zero-order valence-electron chi connectivity index (χ0n) is 17.3. The van der Waals surface area contributed by atoms with Crippen molar-refractivity contribution in [3.05, 3.63) is 70.6 Å². The lowest BCUT2D eigenvalue weighted by Gasteiger charge is -2.36. The second kappa shape index (κ2) is 8.07. The van der Waals surface area contributed by atoms with Crippen LogP contribution in [0.5, 0.6) is 0 Å². The van der Waals surface area contributed by atoms with Crippen molar-refractivity contribution in [3.8, 4) is 0 Å². The second-order valence-corrected chi connectivity index (χ2v) is 9.50. The van der Waals surface area contributed by atoms with Crippen molar-refractivity contribution in [2.75, 3.05) is 31.1 Å². The third-order valence-electron chi connectivity index (χ3n) is 5.36. The molecule has 0 aliphatic carbocycles. The predicted molar refractivity (Wildman–Crippen MR) is 123 cm³/mol. The van der Waals surface area contributed by atoms with Crippen LogP contribution in [0.4, 0.5) is 5.69 Å². The number of benzene rings is 2. The van der Waals surface area contributed by atoms with E-state index < -0.39 is 0 Å². The number of hydrogen-bond donors (Lipinski definition) is 0. The van der Waals surface area contributed by atoms with E-state index in [0.29, 0.717) is 4.91 Å². The van der Waals surface area contributed by atoms with Crippen LogP contribution in [0.2, 0.25) is 0 Å². The molecule has 1 saturated heterocycles. The van der Waals surface area contributed by atoms with Crippen molar-refractivity contribution in [2.45, 2.75) is 26.2 Å². The summed E-state index contributed by atoms with van der Waals surface area (Å²) in [6.07, 6.45) is 1.95. The molecule has 0 atom stereocenters. The molecule has 0 unspecified atom stereocenters. The van der Waals surface area contributed by atoms with Gasteiger partial charge in [0.15, 0.2) is 5.17 Å². The summed E-state index contributed by atoms with van der Waals surface area (Å²) in [6, 6.07) is 18.9. The Hall–Kier alpha value is -2.53. The Labute approximate surface area is 177 Å². The van der Waals surface area contributed by atoms with Crippen LogP contribution >= 0.6 is 11.8 Å². The Balaban J connectivity index is 1.39. The van der Waals surface area contributed by atoms with Crippen LogP contribution in [0.1, 0.15) is 31.9 Å². The first-order valence-electron chi connectivity index (χ1n) is 10.1. The number of amidine groups is 1. The number of rotatable bonds is 2. The maximum Gasteiger partial charge on any atom is 0.286 e. The first-order valence-corrected chi connectivity index (χ1v) is 10.9. The molecule has 0 saturated carbocycles. The molecule has 2 aromatic carbocycles. The van der Waals surface area contributed by atoms with Gasteiger partial charge in [0.25, 0.3) is 5.91 Å². The molecular weight excluding hydrogens is 378 g/mol. The zero-order valence-corrected chi connectivity index (χ0v) is 18.1. The Bertz CT molecular complexity index is 934. The maximum absolute atomic E-state index is 12.4. The van der Waals surface area contributed by atoms with Gasteiger partial charge in [-0.2, -0.15) is 4.99 Å². The molecule has 5 heteroatoms. The summed E-state index contributed by atoms with van der Waals surface area (Å²) in [6.45, 7) is 10.2. The van der Waals surface area contributed by atoms with E-state index in [1.165, 1.54) is 23.0 Å². The number of amides is 1. The van der Waals surface area contributed by atoms with Gasteiger partial charge in [-0.15, -0.1) is 0 Å². The summed E-state index contributed by atoms with van der Waals surface area (Å²) in [5.41, 5.74) is 3.71. The van der Waals surface area contributed by atoms with E-state index in [-0.39, 0.29) is 11.3 Å². The van der Waals surface area contributed by atoms with Crippen molar-refractivity contribution in [2.24, 2.45) is 4.99 Å². The molecule has 29 heavy (non-hydrogen) atoms. The lowest BCUT2D eigenvalue weighted by molar-refractivity contribution is -0.113. The van der Waals surface area contributed by atoms with Gasteiger partial charge in [0.2, 0.25) is 0 Å². The third kappa shape index (κ3) is 4.56. The summed E-state index contributed by atoms with van der Waals surface area (Å²) < 4.78 is 0. The van der Waals surface area contributed by atoms with Crippen LogP contribution in [-0.2, 0) is 10.2 Å². The van der Waals surface area contributed by atoms with Gasteiger partial charge < -0.3 is 9.80 Å². The van der Waals surface area contributed by atoms with Gasteiger partial charge in [0.05, 0.1) is 4.91 Å². The molecule has 1 amide bonds. The third-order valence-corrected chi connectivity index (χ3v) is 6.40. The molecule has 4 nitrogen and oxygen atoms in total. The molecule has 1 fully saturated rings. The first kappa shape index (κ1) is 19.8. The fraction of sp³-hybridized carbons (Fsp3) is 0.333. The monoisotopic (exact) mass is 405 g/mol. The van der Waals surface area contributed by atoms with Gasteiger partial charge in [-0.05, 0) is 46.5 Å². The van der Waals surface area contributed by atoms with Gasteiger partial charge in [0.1, 0.15) is 0 Å². The molecule has 0 spiro atoms. The summed E-state index contributed by atoms with van der Waals surface area (Å²) in [4.78, 5) is 22.1. The van der Waals surface area contributed by atoms with E-state index in [1.54, 1.807) is 0 Å². The number of piperazine rings is 1. The van der Waals surface area contributed by atoms with E-state index >= 15 is 0 Å². The molecule has 4 rings (SSSR count). The highest BCUT2D eigenvalue weighted by molar-refractivity contribution is 8.18. The van der Waals surface area contributed by atoms with E-state index in [1.807, 2.05) is 12.1 Å². The molecular formula is C24H27N3OS. The number of nitrogens with zero attached hydrogens (tertiary/aromatic N) is 3. The SMILES string of the molecule is CC(C)(C)c1ccc(/C=C2/SC(N3CCN(c4ccccc4)CC3)=NC2=O)cc1. The molecule has 2 aliphatic rings. The van der Waals surface area contributed by atoms with Crippen molar-refractivity contribution in [1.82, 2.24) is 4.90 Å². The quantitative estimate of drug-likeness (QED) is 0.674. The molecule has 0 bridgehead atoms. The van der Waals surface area contributed by atoms with Gasteiger partial charge in [-0.3, -0.25) is 4.79 Å². The maximum atomic E-state index is 12.4. The minimum atomic E-state index is -0.129. The zero-order chi connectivity index (χ0) is 20.4. The Morgan fingerprint density at radius 2 is 1.52 bits per heavy atom. The molecule has 150 valence electrons.